The van der Waals surface area contributed by atoms with Crippen molar-refractivity contribution in [2.45, 2.75) is 25.7 Å². The maximum Gasteiger partial charge on any atom is 0.255 e. The summed E-state index contributed by atoms with van der Waals surface area (Å²) in [4.78, 5) is 11.1. The third kappa shape index (κ3) is 2.18. The van der Waals surface area contributed by atoms with Crippen LogP contribution in [0.4, 0.5) is 0 Å². The van der Waals surface area contributed by atoms with Gasteiger partial charge in [0.15, 0.2) is 0 Å². The number of rotatable bonds is 4. The number of nitrogens with zero attached hydrogens (tertiary/aromatic N) is 2. The van der Waals surface area contributed by atoms with Crippen LogP contribution in [0.3, 0.4) is 0 Å². The smallest absolute Gasteiger partial charge is 0.255 e. The number of hydrogen-bond acceptors (Lipinski definition) is 3. The molecular weight excluding hydrogens is 206 g/mol. The Morgan fingerprint density at radius 2 is 2.31 bits per heavy atom. The van der Waals surface area contributed by atoms with E-state index in [1.807, 2.05) is 0 Å². The van der Waals surface area contributed by atoms with Crippen LogP contribution in [0.5, 0.6) is 5.88 Å². The van der Waals surface area contributed by atoms with Crippen LogP contribution in [0.15, 0.2) is 6.20 Å². The second kappa shape index (κ2) is 4.55. The fourth-order valence-corrected chi connectivity index (χ4v) is 2.14. The molecule has 5 nitrogen and oxygen atoms in total. The molecule has 1 aromatic heterocycles. The first-order chi connectivity index (χ1) is 7.68. The van der Waals surface area contributed by atoms with Crippen molar-refractivity contribution in [3.05, 3.63) is 11.8 Å². The molecule has 5 heteroatoms. The lowest BCUT2D eigenvalue weighted by atomic mass is 10.1. The topological polar surface area (TPSA) is 70.1 Å². The van der Waals surface area contributed by atoms with Gasteiger partial charge in [0.2, 0.25) is 5.88 Å². The van der Waals surface area contributed by atoms with E-state index in [2.05, 4.69) is 5.10 Å². The molecule has 0 atom stereocenters. The molecule has 1 aliphatic rings. The van der Waals surface area contributed by atoms with Crippen molar-refractivity contribution in [1.82, 2.24) is 9.78 Å². The molecular formula is C11H17N3O2. The summed E-state index contributed by atoms with van der Waals surface area (Å²) in [5, 5.41) is 3.97. The number of hydrogen-bond donors (Lipinski definition) is 1. The maximum absolute atomic E-state index is 11.1. The number of primary amides is 1. The Labute approximate surface area is 94.6 Å². The van der Waals surface area contributed by atoms with Crippen LogP contribution in [0.2, 0.25) is 0 Å². The van der Waals surface area contributed by atoms with Gasteiger partial charge in [0.1, 0.15) is 5.56 Å². The lowest BCUT2D eigenvalue weighted by Crippen LogP contribution is -2.15. The van der Waals surface area contributed by atoms with Gasteiger partial charge in [0, 0.05) is 7.05 Å². The second-order valence-corrected chi connectivity index (χ2v) is 4.31. The zero-order valence-corrected chi connectivity index (χ0v) is 9.48. The van der Waals surface area contributed by atoms with Crippen LogP contribution in [0.25, 0.3) is 0 Å². The van der Waals surface area contributed by atoms with E-state index in [1.165, 1.54) is 31.9 Å². The van der Waals surface area contributed by atoms with E-state index in [0.717, 1.165) is 0 Å². The Morgan fingerprint density at radius 3 is 2.94 bits per heavy atom. The minimum Gasteiger partial charge on any atom is -0.477 e. The van der Waals surface area contributed by atoms with Crippen molar-refractivity contribution in [1.29, 1.82) is 0 Å². The molecule has 1 fully saturated rings. The molecule has 0 unspecified atom stereocenters. The summed E-state index contributed by atoms with van der Waals surface area (Å²) in [5.41, 5.74) is 5.60. The normalized spacial score (nSPS) is 16.6. The highest BCUT2D eigenvalue weighted by molar-refractivity contribution is 5.94. The van der Waals surface area contributed by atoms with Gasteiger partial charge in [-0.2, -0.15) is 5.10 Å². The van der Waals surface area contributed by atoms with Crippen molar-refractivity contribution < 1.29 is 9.53 Å². The highest BCUT2D eigenvalue weighted by Gasteiger charge is 2.19. The molecule has 2 N–H and O–H groups in total. The molecule has 0 bridgehead atoms. The van der Waals surface area contributed by atoms with Gasteiger partial charge in [-0.05, 0) is 18.8 Å². The van der Waals surface area contributed by atoms with Crippen LogP contribution < -0.4 is 10.5 Å². The predicted molar refractivity (Wildman–Crippen MR) is 59.2 cm³/mol. The number of nitrogens with two attached hydrogens (primary N) is 1. The fourth-order valence-electron chi connectivity index (χ4n) is 2.14. The van der Waals surface area contributed by atoms with Crippen molar-refractivity contribution in [3.63, 3.8) is 0 Å². The summed E-state index contributed by atoms with van der Waals surface area (Å²) in [6, 6.07) is 0. The molecule has 1 saturated carbocycles. The largest absolute Gasteiger partial charge is 0.477 e. The average Bonchev–Trinajstić information content (AvgIpc) is 2.84. The molecule has 0 aromatic carbocycles. The molecule has 0 spiro atoms. The van der Waals surface area contributed by atoms with E-state index in [-0.39, 0.29) is 0 Å². The lowest BCUT2D eigenvalue weighted by molar-refractivity contribution is 0.0994. The molecule has 1 heterocycles. The summed E-state index contributed by atoms with van der Waals surface area (Å²) in [6.45, 7) is 0.653. The van der Waals surface area contributed by atoms with E-state index in [4.69, 9.17) is 10.5 Å². The van der Waals surface area contributed by atoms with Gasteiger partial charge in [-0.15, -0.1) is 0 Å². The SMILES string of the molecule is Cn1ncc(C(N)=O)c1OCC1CCCC1. The molecule has 1 aliphatic carbocycles. The van der Waals surface area contributed by atoms with Gasteiger partial charge in [-0.3, -0.25) is 4.79 Å². The van der Waals surface area contributed by atoms with E-state index < -0.39 is 5.91 Å². The highest BCUT2D eigenvalue weighted by Crippen LogP contribution is 2.26. The summed E-state index contributed by atoms with van der Waals surface area (Å²) in [6.07, 6.45) is 6.43. The Bertz CT molecular complexity index is 381. The number of aromatic nitrogens is 2. The highest BCUT2D eigenvalue weighted by atomic mass is 16.5. The van der Waals surface area contributed by atoms with E-state index in [9.17, 15) is 4.79 Å². The Balaban J connectivity index is 2.02. The van der Waals surface area contributed by atoms with Crippen molar-refractivity contribution >= 4 is 5.91 Å². The number of amides is 1. The maximum atomic E-state index is 11.1. The Hall–Kier alpha value is -1.52. The summed E-state index contributed by atoms with van der Waals surface area (Å²) >= 11 is 0. The van der Waals surface area contributed by atoms with Crippen LogP contribution >= 0.6 is 0 Å². The Kier molecular flexibility index (Phi) is 3.12. The minimum atomic E-state index is -0.491. The van der Waals surface area contributed by atoms with E-state index >= 15 is 0 Å². The summed E-state index contributed by atoms with van der Waals surface area (Å²) < 4.78 is 7.20. The van der Waals surface area contributed by atoms with E-state index in [1.54, 1.807) is 11.7 Å². The first-order valence-corrected chi connectivity index (χ1v) is 5.63. The van der Waals surface area contributed by atoms with Gasteiger partial charge in [0.25, 0.3) is 5.91 Å². The first kappa shape index (κ1) is 11.0. The molecule has 1 aromatic rings. The zero-order valence-electron chi connectivity index (χ0n) is 9.48. The van der Waals surface area contributed by atoms with Crippen molar-refractivity contribution in [2.24, 2.45) is 18.7 Å². The summed E-state index contributed by atoms with van der Waals surface area (Å²) in [5.74, 6) is 0.601. The molecule has 0 saturated heterocycles. The van der Waals surface area contributed by atoms with Gasteiger partial charge in [-0.1, -0.05) is 12.8 Å². The number of aryl methyl sites for hydroxylation is 1. The monoisotopic (exact) mass is 223 g/mol. The minimum absolute atomic E-state index is 0.362. The zero-order chi connectivity index (χ0) is 11.5. The molecule has 1 amide bonds. The average molecular weight is 223 g/mol. The number of carbonyl (C=O) groups is 1. The molecule has 88 valence electrons. The van der Waals surface area contributed by atoms with Crippen LogP contribution in [-0.2, 0) is 7.05 Å². The van der Waals surface area contributed by atoms with Crippen LogP contribution in [0, 0.1) is 5.92 Å². The first-order valence-electron chi connectivity index (χ1n) is 5.63. The molecule has 0 radical (unpaired) electrons. The Morgan fingerprint density at radius 1 is 1.62 bits per heavy atom. The fraction of sp³-hybridized carbons (Fsp3) is 0.636. The third-order valence-corrected chi connectivity index (χ3v) is 3.08. The quantitative estimate of drug-likeness (QED) is 0.830. The molecule has 0 aliphatic heterocycles. The van der Waals surface area contributed by atoms with E-state index in [0.29, 0.717) is 24.0 Å². The van der Waals surface area contributed by atoms with Gasteiger partial charge in [-0.25, -0.2) is 4.68 Å². The molecule has 16 heavy (non-hydrogen) atoms. The second-order valence-electron chi connectivity index (χ2n) is 4.31. The van der Waals surface area contributed by atoms with Gasteiger partial charge >= 0.3 is 0 Å². The van der Waals surface area contributed by atoms with Gasteiger partial charge in [0.05, 0.1) is 12.8 Å². The third-order valence-electron chi connectivity index (χ3n) is 3.08. The van der Waals surface area contributed by atoms with Crippen molar-refractivity contribution in [3.8, 4) is 5.88 Å². The number of carbonyl (C=O) groups excluding carboxylic acids is 1. The van der Waals surface area contributed by atoms with Gasteiger partial charge < -0.3 is 10.5 Å². The summed E-state index contributed by atoms with van der Waals surface area (Å²) in [7, 11) is 1.75. The van der Waals surface area contributed by atoms with Crippen LogP contribution in [0.1, 0.15) is 36.0 Å². The van der Waals surface area contributed by atoms with Crippen LogP contribution in [-0.4, -0.2) is 22.3 Å². The number of ether oxygens (including phenoxy) is 1. The standard InChI is InChI=1S/C11H17N3O2/c1-14-11(9(6-13-14)10(12)15)16-7-8-4-2-3-5-8/h6,8H,2-5,7H2,1H3,(H2,12,15). The molecule has 2 rings (SSSR count). The van der Waals surface area contributed by atoms with Crippen molar-refractivity contribution in [2.75, 3.05) is 6.61 Å². The lowest BCUT2D eigenvalue weighted by Gasteiger charge is -2.11. The predicted octanol–water partition coefficient (Wildman–Crippen LogP) is 1.09.